The van der Waals surface area contributed by atoms with Crippen LogP contribution < -0.4 is 10.1 Å². The van der Waals surface area contributed by atoms with Crippen LogP contribution in [0.2, 0.25) is 0 Å². The van der Waals surface area contributed by atoms with E-state index in [9.17, 15) is 5.11 Å². The van der Waals surface area contributed by atoms with Crippen molar-refractivity contribution in [2.24, 2.45) is 0 Å². The summed E-state index contributed by atoms with van der Waals surface area (Å²) in [5, 5.41) is 13.5. The van der Waals surface area contributed by atoms with Crippen molar-refractivity contribution in [1.29, 1.82) is 0 Å². The fraction of sp³-hybridized carbons (Fsp3) is 0.600. The maximum atomic E-state index is 10.0. The number of likely N-dealkylation sites (tertiary alicyclic amines) is 1. The zero-order chi connectivity index (χ0) is 13.8. The lowest BCUT2D eigenvalue weighted by atomic mass is 10.1. The third-order valence-corrected chi connectivity index (χ3v) is 4.03. The fourth-order valence-electron chi connectivity index (χ4n) is 2.80. The normalized spacial score (nSPS) is 21.5. The lowest BCUT2D eigenvalue weighted by Gasteiger charge is -2.24. The Hall–Kier alpha value is -1.26. The molecule has 1 fully saturated rings. The molecule has 0 spiro atoms. The second-order valence-electron chi connectivity index (χ2n) is 5.30. The molecule has 1 heterocycles. The summed E-state index contributed by atoms with van der Waals surface area (Å²) in [6.07, 6.45) is 2.52. The monoisotopic (exact) mass is 264 g/mol. The van der Waals surface area contributed by atoms with E-state index in [-0.39, 0.29) is 6.04 Å². The van der Waals surface area contributed by atoms with E-state index in [1.54, 1.807) is 19.2 Å². The van der Waals surface area contributed by atoms with Crippen LogP contribution in [-0.4, -0.2) is 43.3 Å². The quantitative estimate of drug-likeness (QED) is 0.855. The summed E-state index contributed by atoms with van der Waals surface area (Å²) >= 11 is 0. The summed E-state index contributed by atoms with van der Waals surface area (Å²) in [4.78, 5) is 2.39. The molecule has 2 unspecified atom stereocenters. The number of nitrogens with zero attached hydrogens (tertiary/aromatic N) is 1. The largest absolute Gasteiger partial charge is 0.507 e. The van der Waals surface area contributed by atoms with E-state index >= 15 is 0 Å². The number of rotatable bonds is 5. The number of hydrogen-bond acceptors (Lipinski definition) is 4. The van der Waals surface area contributed by atoms with Gasteiger partial charge in [-0.05, 0) is 45.5 Å². The summed E-state index contributed by atoms with van der Waals surface area (Å²) in [7, 11) is 3.81. The summed E-state index contributed by atoms with van der Waals surface area (Å²) in [5.74, 6) is 1.03. The Morgan fingerprint density at radius 1 is 1.53 bits per heavy atom. The van der Waals surface area contributed by atoms with Crippen LogP contribution in [0.4, 0.5) is 0 Å². The van der Waals surface area contributed by atoms with Gasteiger partial charge < -0.3 is 20.1 Å². The third kappa shape index (κ3) is 3.19. The highest BCUT2D eigenvalue weighted by Crippen LogP contribution is 2.33. The minimum absolute atomic E-state index is 0.0742. The third-order valence-electron chi connectivity index (χ3n) is 4.03. The van der Waals surface area contributed by atoms with Crippen molar-refractivity contribution in [1.82, 2.24) is 10.2 Å². The Morgan fingerprint density at radius 3 is 2.95 bits per heavy atom. The Bertz CT molecular complexity index is 423. The molecule has 0 radical (unpaired) electrons. The molecule has 2 atom stereocenters. The molecule has 106 valence electrons. The number of ether oxygens (including phenoxy) is 1. The molecule has 1 aliphatic rings. The highest BCUT2D eigenvalue weighted by atomic mass is 16.5. The molecule has 0 saturated carbocycles. The number of hydrogen-bond donors (Lipinski definition) is 2. The van der Waals surface area contributed by atoms with Gasteiger partial charge in [-0.2, -0.15) is 0 Å². The van der Waals surface area contributed by atoms with E-state index in [0.717, 1.165) is 17.9 Å². The lowest BCUT2D eigenvalue weighted by molar-refractivity contribution is 0.291. The van der Waals surface area contributed by atoms with Crippen molar-refractivity contribution < 1.29 is 9.84 Å². The number of nitrogens with one attached hydrogen (secondary N) is 1. The number of phenolic OH excluding ortho intramolecular Hbond substituents is 1. The van der Waals surface area contributed by atoms with Crippen LogP contribution >= 0.6 is 0 Å². The van der Waals surface area contributed by atoms with E-state index in [1.165, 1.54) is 19.4 Å². The molecule has 0 amide bonds. The van der Waals surface area contributed by atoms with Crippen LogP contribution in [-0.2, 0) is 0 Å². The SMILES string of the molecule is COc1cccc(O)c1C(C)NCC1CCCN1C. The highest BCUT2D eigenvalue weighted by molar-refractivity contribution is 5.45. The molecular weight excluding hydrogens is 240 g/mol. The standard InChI is InChI=1S/C15H24N2O2/c1-11(16-10-12-6-5-9-17(12)2)15-13(18)7-4-8-14(15)19-3/h4,7-8,11-12,16,18H,5-6,9-10H2,1-3H3. The topological polar surface area (TPSA) is 44.7 Å². The van der Waals surface area contributed by atoms with Crippen molar-refractivity contribution in [3.05, 3.63) is 23.8 Å². The molecule has 1 aromatic rings. The molecule has 0 aliphatic carbocycles. The first-order valence-corrected chi connectivity index (χ1v) is 6.93. The molecule has 0 bridgehead atoms. The number of aromatic hydroxyl groups is 1. The predicted molar refractivity (Wildman–Crippen MR) is 76.7 cm³/mol. The van der Waals surface area contributed by atoms with E-state index in [0.29, 0.717) is 11.8 Å². The zero-order valence-corrected chi connectivity index (χ0v) is 12.0. The van der Waals surface area contributed by atoms with E-state index in [1.807, 2.05) is 6.07 Å². The molecule has 1 aromatic carbocycles. The van der Waals surface area contributed by atoms with Crippen molar-refractivity contribution in [2.75, 3.05) is 27.2 Å². The van der Waals surface area contributed by atoms with Crippen molar-refractivity contribution >= 4 is 0 Å². The fourth-order valence-corrected chi connectivity index (χ4v) is 2.80. The van der Waals surface area contributed by atoms with Gasteiger partial charge in [-0.25, -0.2) is 0 Å². The van der Waals surface area contributed by atoms with Gasteiger partial charge in [0.1, 0.15) is 11.5 Å². The van der Waals surface area contributed by atoms with Crippen LogP contribution in [0.1, 0.15) is 31.4 Å². The number of likely N-dealkylation sites (N-methyl/N-ethyl adjacent to an activating group) is 1. The summed E-state index contributed by atoms with van der Waals surface area (Å²) in [6.45, 7) is 4.18. The molecule has 4 nitrogen and oxygen atoms in total. The summed E-state index contributed by atoms with van der Waals surface area (Å²) in [5.41, 5.74) is 0.839. The molecule has 0 aromatic heterocycles. The molecule has 1 aliphatic heterocycles. The molecule has 2 N–H and O–H groups in total. The summed E-state index contributed by atoms with van der Waals surface area (Å²) in [6, 6.07) is 6.06. The van der Waals surface area contributed by atoms with Gasteiger partial charge in [-0.1, -0.05) is 6.07 Å². The zero-order valence-electron chi connectivity index (χ0n) is 12.0. The Balaban J connectivity index is 2.01. The van der Waals surface area contributed by atoms with E-state index in [2.05, 4.69) is 24.2 Å². The van der Waals surface area contributed by atoms with Crippen LogP contribution in [0, 0.1) is 0 Å². The van der Waals surface area contributed by atoms with Crippen molar-refractivity contribution in [2.45, 2.75) is 31.8 Å². The number of phenols is 1. The average molecular weight is 264 g/mol. The van der Waals surface area contributed by atoms with Gasteiger partial charge in [-0.3, -0.25) is 0 Å². The van der Waals surface area contributed by atoms with Crippen LogP contribution in [0.15, 0.2) is 18.2 Å². The predicted octanol–water partition coefficient (Wildman–Crippen LogP) is 2.15. The van der Waals surface area contributed by atoms with Crippen LogP contribution in [0.3, 0.4) is 0 Å². The maximum Gasteiger partial charge on any atom is 0.127 e. The first-order chi connectivity index (χ1) is 9.13. The van der Waals surface area contributed by atoms with Crippen molar-refractivity contribution in [3.63, 3.8) is 0 Å². The maximum absolute atomic E-state index is 10.0. The average Bonchev–Trinajstić information content (AvgIpc) is 2.81. The number of methoxy groups -OCH3 is 1. The van der Waals surface area contributed by atoms with E-state index < -0.39 is 0 Å². The van der Waals surface area contributed by atoms with Crippen LogP contribution in [0.5, 0.6) is 11.5 Å². The molecule has 4 heteroatoms. The Morgan fingerprint density at radius 2 is 2.32 bits per heavy atom. The molecule has 19 heavy (non-hydrogen) atoms. The summed E-state index contributed by atoms with van der Waals surface area (Å²) < 4.78 is 5.33. The lowest BCUT2D eigenvalue weighted by Crippen LogP contribution is -2.36. The second-order valence-corrected chi connectivity index (χ2v) is 5.30. The van der Waals surface area contributed by atoms with Gasteiger partial charge in [0.05, 0.1) is 12.7 Å². The van der Waals surface area contributed by atoms with Gasteiger partial charge in [0.25, 0.3) is 0 Å². The van der Waals surface area contributed by atoms with Gasteiger partial charge in [0.15, 0.2) is 0 Å². The minimum Gasteiger partial charge on any atom is -0.507 e. The first kappa shape index (κ1) is 14.2. The first-order valence-electron chi connectivity index (χ1n) is 6.93. The van der Waals surface area contributed by atoms with Gasteiger partial charge in [-0.15, -0.1) is 0 Å². The molecular formula is C15H24N2O2. The highest BCUT2D eigenvalue weighted by Gasteiger charge is 2.22. The van der Waals surface area contributed by atoms with Crippen LogP contribution in [0.25, 0.3) is 0 Å². The van der Waals surface area contributed by atoms with Gasteiger partial charge >= 0.3 is 0 Å². The van der Waals surface area contributed by atoms with Gasteiger partial charge in [0, 0.05) is 18.6 Å². The van der Waals surface area contributed by atoms with Crippen molar-refractivity contribution in [3.8, 4) is 11.5 Å². The second kappa shape index (κ2) is 6.26. The van der Waals surface area contributed by atoms with E-state index in [4.69, 9.17) is 4.74 Å². The Labute approximate surface area is 115 Å². The smallest absolute Gasteiger partial charge is 0.127 e. The molecule has 1 saturated heterocycles. The number of benzene rings is 1. The molecule has 2 rings (SSSR count). The van der Waals surface area contributed by atoms with Gasteiger partial charge in [0.2, 0.25) is 0 Å². The minimum atomic E-state index is 0.0742. The Kier molecular flexibility index (Phi) is 4.66.